The lowest BCUT2D eigenvalue weighted by Gasteiger charge is -2.34. The van der Waals surface area contributed by atoms with Crippen LogP contribution in [0.2, 0.25) is 0 Å². The third-order valence-electron chi connectivity index (χ3n) is 4.20. The van der Waals surface area contributed by atoms with E-state index in [9.17, 15) is 10.0 Å². The largest absolute Gasteiger partial charge is 0.488 e. The van der Waals surface area contributed by atoms with Gasteiger partial charge >= 0.3 is 7.12 Å². The molecule has 0 heterocycles. The highest BCUT2D eigenvalue weighted by atomic mass is 16.4. The highest BCUT2D eigenvalue weighted by molar-refractivity contribution is 6.59. The minimum Gasteiger partial charge on any atom is -0.423 e. The molecule has 0 radical (unpaired) electrons. The van der Waals surface area contributed by atoms with Crippen LogP contribution in [0, 0.1) is 0 Å². The van der Waals surface area contributed by atoms with Crippen molar-refractivity contribution in [2.45, 2.75) is 51.6 Å². The van der Waals surface area contributed by atoms with E-state index >= 15 is 0 Å². The molecule has 19 heavy (non-hydrogen) atoms. The van der Waals surface area contributed by atoms with Crippen LogP contribution in [0.25, 0.3) is 0 Å². The molecule has 0 saturated heterocycles. The van der Waals surface area contributed by atoms with Gasteiger partial charge in [-0.15, -0.1) is 0 Å². The molecule has 3 nitrogen and oxygen atoms in total. The third kappa shape index (κ3) is 3.82. The first-order chi connectivity index (χ1) is 9.22. The summed E-state index contributed by atoms with van der Waals surface area (Å²) in [5.41, 5.74) is 1.67. The molecule has 0 atom stereocenters. The van der Waals surface area contributed by atoms with Gasteiger partial charge in [-0.1, -0.05) is 50.5 Å². The van der Waals surface area contributed by atoms with Crippen molar-refractivity contribution in [1.82, 2.24) is 4.90 Å². The summed E-state index contributed by atoms with van der Waals surface area (Å²) >= 11 is 0. The van der Waals surface area contributed by atoms with Gasteiger partial charge in [-0.2, -0.15) is 0 Å². The Hall–Kier alpha value is -0.835. The van der Waals surface area contributed by atoms with Gasteiger partial charge < -0.3 is 10.0 Å². The van der Waals surface area contributed by atoms with Crippen LogP contribution in [0.4, 0.5) is 0 Å². The fourth-order valence-electron chi connectivity index (χ4n) is 3.09. The monoisotopic (exact) mass is 261 g/mol. The van der Waals surface area contributed by atoms with E-state index in [1.54, 1.807) is 6.07 Å². The van der Waals surface area contributed by atoms with Gasteiger partial charge in [0.25, 0.3) is 0 Å². The molecule has 4 heteroatoms. The summed E-state index contributed by atoms with van der Waals surface area (Å²) in [5, 5.41) is 18.9. The van der Waals surface area contributed by atoms with Gasteiger partial charge in [0, 0.05) is 12.6 Å². The number of benzene rings is 1. The lowest BCUT2D eigenvalue weighted by atomic mass is 9.77. The maximum Gasteiger partial charge on any atom is 0.488 e. The van der Waals surface area contributed by atoms with Crippen LogP contribution in [0.5, 0.6) is 0 Å². The predicted octanol–water partition coefficient (Wildman–Crippen LogP) is 1.52. The lowest BCUT2D eigenvalue weighted by Crippen LogP contribution is -2.40. The molecule has 0 aromatic heterocycles. The van der Waals surface area contributed by atoms with Crippen molar-refractivity contribution >= 4 is 12.6 Å². The van der Waals surface area contributed by atoms with Crippen LogP contribution in [-0.2, 0) is 6.54 Å². The zero-order valence-corrected chi connectivity index (χ0v) is 11.8. The average molecular weight is 261 g/mol. The van der Waals surface area contributed by atoms with E-state index < -0.39 is 7.12 Å². The Morgan fingerprint density at radius 2 is 1.84 bits per heavy atom. The lowest BCUT2D eigenvalue weighted by molar-refractivity contribution is 0.156. The first kappa shape index (κ1) is 14.6. The van der Waals surface area contributed by atoms with Crippen molar-refractivity contribution in [2.24, 2.45) is 0 Å². The van der Waals surface area contributed by atoms with Crippen LogP contribution < -0.4 is 5.46 Å². The van der Waals surface area contributed by atoms with Gasteiger partial charge in [0.15, 0.2) is 0 Å². The Balaban J connectivity index is 2.09. The first-order valence-electron chi connectivity index (χ1n) is 7.40. The fourth-order valence-corrected chi connectivity index (χ4v) is 3.09. The molecule has 1 saturated carbocycles. The highest BCUT2D eigenvalue weighted by Gasteiger charge is 2.22. The molecule has 0 unspecified atom stereocenters. The summed E-state index contributed by atoms with van der Waals surface area (Å²) in [7, 11) is -1.37. The van der Waals surface area contributed by atoms with Crippen LogP contribution in [0.3, 0.4) is 0 Å². The third-order valence-corrected chi connectivity index (χ3v) is 4.20. The van der Waals surface area contributed by atoms with Gasteiger partial charge in [-0.05, 0) is 30.4 Å². The SMILES string of the molecule is CCN(Cc1ccccc1B(O)O)C1CCCCC1. The molecule has 0 spiro atoms. The van der Waals surface area contributed by atoms with Crippen molar-refractivity contribution < 1.29 is 10.0 Å². The molecule has 1 aliphatic carbocycles. The second-order valence-electron chi connectivity index (χ2n) is 5.43. The quantitative estimate of drug-likeness (QED) is 0.790. The van der Waals surface area contributed by atoms with Crippen molar-refractivity contribution in [3.05, 3.63) is 29.8 Å². The molecule has 104 valence electrons. The molecule has 1 fully saturated rings. The smallest absolute Gasteiger partial charge is 0.423 e. The van der Waals surface area contributed by atoms with Crippen LogP contribution in [-0.4, -0.2) is 34.7 Å². The minimum absolute atomic E-state index is 0.636. The van der Waals surface area contributed by atoms with E-state index in [-0.39, 0.29) is 0 Å². The van der Waals surface area contributed by atoms with Crippen LogP contribution in [0.1, 0.15) is 44.6 Å². The molecule has 2 rings (SSSR count). The molecular formula is C15H24BNO2. The number of rotatable bonds is 5. The van der Waals surface area contributed by atoms with E-state index in [4.69, 9.17) is 0 Å². The number of hydrogen-bond donors (Lipinski definition) is 2. The van der Waals surface area contributed by atoms with Crippen molar-refractivity contribution in [1.29, 1.82) is 0 Å². The van der Waals surface area contributed by atoms with Crippen LogP contribution in [0.15, 0.2) is 24.3 Å². The molecule has 0 aliphatic heterocycles. The Morgan fingerprint density at radius 1 is 1.16 bits per heavy atom. The van der Waals surface area contributed by atoms with E-state index in [1.807, 2.05) is 18.2 Å². The minimum atomic E-state index is -1.37. The number of nitrogens with zero attached hydrogens (tertiary/aromatic N) is 1. The fraction of sp³-hybridized carbons (Fsp3) is 0.600. The Bertz CT molecular complexity index is 391. The maximum atomic E-state index is 9.44. The van der Waals surface area contributed by atoms with Crippen LogP contribution >= 0.6 is 0 Å². The zero-order valence-electron chi connectivity index (χ0n) is 11.8. The molecule has 0 amide bonds. The number of hydrogen-bond acceptors (Lipinski definition) is 3. The summed E-state index contributed by atoms with van der Waals surface area (Å²) < 4.78 is 0. The Labute approximate surface area is 116 Å². The van der Waals surface area contributed by atoms with E-state index in [0.717, 1.165) is 18.7 Å². The molecule has 2 N–H and O–H groups in total. The summed E-state index contributed by atoms with van der Waals surface area (Å²) in [5.74, 6) is 0. The second kappa shape index (κ2) is 7.08. The van der Waals surface area contributed by atoms with E-state index in [2.05, 4.69) is 11.8 Å². The predicted molar refractivity (Wildman–Crippen MR) is 79.2 cm³/mol. The van der Waals surface area contributed by atoms with Crippen molar-refractivity contribution in [2.75, 3.05) is 6.54 Å². The summed E-state index contributed by atoms with van der Waals surface area (Å²) in [6.45, 7) is 4.02. The standard InChI is InChI=1S/C15H24BNO2/c1-2-17(14-9-4-3-5-10-14)12-13-8-6-7-11-15(13)16(18)19/h6-8,11,14,18-19H,2-5,9-10,12H2,1H3. The summed E-state index contributed by atoms with van der Waals surface area (Å²) in [4.78, 5) is 2.47. The highest BCUT2D eigenvalue weighted by Crippen LogP contribution is 2.23. The zero-order chi connectivity index (χ0) is 13.7. The van der Waals surface area contributed by atoms with Crippen molar-refractivity contribution in [3.8, 4) is 0 Å². The maximum absolute atomic E-state index is 9.44. The van der Waals surface area contributed by atoms with E-state index in [0.29, 0.717) is 11.5 Å². The van der Waals surface area contributed by atoms with Gasteiger partial charge in [-0.25, -0.2) is 0 Å². The second-order valence-corrected chi connectivity index (χ2v) is 5.43. The average Bonchev–Trinajstić information content (AvgIpc) is 2.46. The first-order valence-corrected chi connectivity index (χ1v) is 7.40. The van der Waals surface area contributed by atoms with Crippen molar-refractivity contribution in [3.63, 3.8) is 0 Å². The van der Waals surface area contributed by atoms with Gasteiger partial charge in [-0.3, -0.25) is 4.90 Å². The molecule has 1 aromatic rings. The summed E-state index contributed by atoms with van der Waals surface area (Å²) in [6, 6.07) is 8.28. The van der Waals surface area contributed by atoms with E-state index in [1.165, 1.54) is 32.1 Å². The molecular weight excluding hydrogens is 237 g/mol. The normalized spacial score (nSPS) is 16.8. The Morgan fingerprint density at radius 3 is 2.47 bits per heavy atom. The van der Waals surface area contributed by atoms with Gasteiger partial charge in [0.2, 0.25) is 0 Å². The summed E-state index contributed by atoms with van der Waals surface area (Å²) in [6.07, 6.45) is 6.56. The Kier molecular flexibility index (Phi) is 5.43. The molecule has 1 aromatic carbocycles. The molecule has 0 bridgehead atoms. The topological polar surface area (TPSA) is 43.7 Å². The molecule has 1 aliphatic rings. The van der Waals surface area contributed by atoms with Gasteiger partial charge in [0.05, 0.1) is 0 Å². The van der Waals surface area contributed by atoms with Gasteiger partial charge in [0.1, 0.15) is 0 Å².